The van der Waals surface area contributed by atoms with Crippen LogP contribution in [0.2, 0.25) is 5.02 Å². The molecule has 0 spiro atoms. The van der Waals surface area contributed by atoms with Crippen molar-refractivity contribution in [1.82, 2.24) is 15.0 Å². The maximum absolute atomic E-state index is 14.5. The Bertz CT molecular complexity index is 1340. The lowest BCUT2D eigenvalue weighted by atomic mass is 10.1. The lowest BCUT2D eigenvalue weighted by Crippen LogP contribution is -2.20. The van der Waals surface area contributed by atoms with Crippen LogP contribution in [0.4, 0.5) is 21.6 Å². The first-order chi connectivity index (χ1) is 15.0. The number of carboxylic acid groups (broad SMARTS) is 1. The molecule has 31 heavy (non-hydrogen) atoms. The van der Waals surface area contributed by atoms with E-state index < -0.39 is 11.8 Å². The summed E-state index contributed by atoms with van der Waals surface area (Å²) in [7, 11) is 0. The van der Waals surface area contributed by atoms with E-state index in [1.54, 1.807) is 18.3 Å². The Hall–Kier alpha value is -3.85. The number of fused-ring (bicyclic) bond motifs is 2. The number of hydrogen-bond donors (Lipinski definition) is 4. The number of hydrogen-bond acceptors (Lipinski definition) is 6. The number of aromatic carboxylic acids is 1. The second-order valence-electron chi connectivity index (χ2n) is 6.85. The van der Waals surface area contributed by atoms with Crippen molar-refractivity contribution in [3.05, 3.63) is 59.1 Å². The third-order valence-electron chi connectivity index (χ3n) is 4.89. The third-order valence-corrected chi connectivity index (χ3v) is 5.13. The van der Waals surface area contributed by atoms with Crippen LogP contribution in [-0.2, 0) is 0 Å². The molecule has 156 valence electrons. The van der Waals surface area contributed by atoms with Crippen molar-refractivity contribution in [2.24, 2.45) is 0 Å². The van der Waals surface area contributed by atoms with Crippen molar-refractivity contribution < 1.29 is 19.0 Å². The number of anilines is 3. The fourth-order valence-electron chi connectivity index (χ4n) is 3.52. The molecule has 0 atom stereocenters. The van der Waals surface area contributed by atoms with Crippen LogP contribution in [0, 0.1) is 5.82 Å². The van der Waals surface area contributed by atoms with Crippen molar-refractivity contribution in [2.75, 3.05) is 23.8 Å². The first kappa shape index (κ1) is 19.1. The molecule has 1 aliphatic rings. The Balaban J connectivity index is 1.68. The fourth-order valence-corrected chi connectivity index (χ4v) is 3.69. The summed E-state index contributed by atoms with van der Waals surface area (Å²) in [4.78, 5) is 23.2. The molecule has 0 fully saturated rings. The number of carboxylic acids is 1. The van der Waals surface area contributed by atoms with Gasteiger partial charge in [-0.05, 0) is 30.3 Å². The van der Waals surface area contributed by atoms with E-state index in [1.165, 1.54) is 24.4 Å². The number of ether oxygens (including phenoxy) is 1. The quantitative estimate of drug-likeness (QED) is 0.365. The van der Waals surface area contributed by atoms with E-state index in [1.807, 2.05) is 0 Å². The zero-order chi connectivity index (χ0) is 21.5. The van der Waals surface area contributed by atoms with Crippen molar-refractivity contribution in [2.45, 2.75) is 0 Å². The Labute approximate surface area is 180 Å². The molecule has 0 saturated carbocycles. The average Bonchev–Trinajstić information content (AvgIpc) is 3.21. The molecular formula is C21H15ClFN5O3. The van der Waals surface area contributed by atoms with Gasteiger partial charge in [0.05, 0.1) is 34.6 Å². The predicted molar refractivity (Wildman–Crippen MR) is 115 cm³/mol. The molecule has 5 rings (SSSR count). The minimum Gasteiger partial charge on any atom is -0.486 e. The minimum atomic E-state index is -1.08. The highest BCUT2D eigenvalue weighted by molar-refractivity contribution is 6.30. The number of nitrogens with one attached hydrogen (secondary N) is 3. The SMILES string of the molecule is O=C(O)c1c[nH]c2nccc(Nc3cc(-c4cc(Cl)ccc4F)nc4c3OCCN4)c12. The van der Waals surface area contributed by atoms with Gasteiger partial charge in [-0.2, -0.15) is 0 Å². The van der Waals surface area contributed by atoms with Gasteiger partial charge in [0.15, 0.2) is 11.6 Å². The molecule has 0 amide bonds. The van der Waals surface area contributed by atoms with Crippen LogP contribution in [0.25, 0.3) is 22.3 Å². The summed E-state index contributed by atoms with van der Waals surface area (Å²) < 4.78 is 20.3. The Morgan fingerprint density at radius 1 is 1.26 bits per heavy atom. The van der Waals surface area contributed by atoms with Crippen LogP contribution < -0.4 is 15.4 Å². The summed E-state index contributed by atoms with van der Waals surface area (Å²) in [6, 6.07) is 7.54. The average molecular weight is 440 g/mol. The molecular weight excluding hydrogens is 425 g/mol. The van der Waals surface area contributed by atoms with Crippen LogP contribution >= 0.6 is 11.6 Å². The summed E-state index contributed by atoms with van der Waals surface area (Å²) in [6.45, 7) is 0.964. The van der Waals surface area contributed by atoms with E-state index in [0.717, 1.165) is 0 Å². The molecule has 4 heterocycles. The van der Waals surface area contributed by atoms with Gasteiger partial charge in [0.2, 0.25) is 0 Å². The summed E-state index contributed by atoms with van der Waals surface area (Å²) in [5, 5.41) is 16.7. The Kier molecular flexibility index (Phi) is 4.59. The molecule has 0 unspecified atom stereocenters. The van der Waals surface area contributed by atoms with Gasteiger partial charge in [-0.3, -0.25) is 0 Å². The smallest absolute Gasteiger partial charge is 0.338 e. The van der Waals surface area contributed by atoms with Gasteiger partial charge in [-0.25, -0.2) is 19.2 Å². The van der Waals surface area contributed by atoms with Crippen molar-refractivity contribution in [1.29, 1.82) is 0 Å². The van der Waals surface area contributed by atoms with E-state index in [9.17, 15) is 14.3 Å². The number of pyridine rings is 2. The van der Waals surface area contributed by atoms with Crippen molar-refractivity contribution in [3.63, 3.8) is 0 Å². The highest BCUT2D eigenvalue weighted by atomic mass is 35.5. The van der Waals surface area contributed by atoms with Gasteiger partial charge in [0.1, 0.15) is 18.1 Å². The van der Waals surface area contributed by atoms with E-state index in [2.05, 4.69) is 25.6 Å². The number of aromatic nitrogens is 3. The minimum absolute atomic E-state index is 0.0775. The molecule has 0 saturated heterocycles. The molecule has 0 aliphatic carbocycles. The van der Waals surface area contributed by atoms with Gasteiger partial charge in [0, 0.05) is 23.0 Å². The second kappa shape index (κ2) is 7.44. The zero-order valence-electron chi connectivity index (χ0n) is 15.9. The molecule has 10 heteroatoms. The first-order valence-corrected chi connectivity index (χ1v) is 9.72. The van der Waals surface area contributed by atoms with Crippen molar-refractivity contribution in [3.8, 4) is 17.0 Å². The number of nitrogens with zero attached hydrogens (tertiary/aromatic N) is 2. The summed E-state index contributed by atoms with van der Waals surface area (Å²) in [6.07, 6.45) is 2.94. The lowest BCUT2D eigenvalue weighted by Gasteiger charge is -2.23. The van der Waals surface area contributed by atoms with E-state index >= 15 is 0 Å². The van der Waals surface area contributed by atoms with Gasteiger partial charge < -0.3 is 25.5 Å². The zero-order valence-corrected chi connectivity index (χ0v) is 16.6. The van der Waals surface area contributed by atoms with Crippen molar-refractivity contribution >= 4 is 45.8 Å². The maximum atomic E-state index is 14.5. The van der Waals surface area contributed by atoms with E-state index in [-0.39, 0.29) is 11.1 Å². The van der Waals surface area contributed by atoms with Gasteiger partial charge >= 0.3 is 5.97 Å². The Morgan fingerprint density at radius 2 is 2.13 bits per heavy atom. The number of rotatable bonds is 4. The molecule has 8 nitrogen and oxygen atoms in total. The van der Waals surface area contributed by atoms with E-state index in [0.29, 0.717) is 57.8 Å². The molecule has 0 radical (unpaired) electrons. The summed E-state index contributed by atoms with van der Waals surface area (Å²) >= 11 is 6.06. The number of halogens is 2. The highest BCUT2D eigenvalue weighted by Crippen LogP contribution is 2.41. The normalized spacial score (nSPS) is 12.7. The van der Waals surface area contributed by atoms with Gasteiger partial charge in [-0.1, -0.05) is 11.6 Å². The lowest BCUT2D eigenvalue weighted by molar-refractivity contribution is 0.0699. The van der Waals surface area contributed by atoms with Crippen LogP contribution in [0.5, 0.6) is 5.75 Å². The number of H-pyrrole nitrogens is 1. The fraction of sp³-hybridized carbons (Fsp3) is 0.0952. The summed E-state index contributed by atoms with van der Waals surface area (Å²) in [5.74, 6) is -0.651. The molecule has 1 aliphatic heterocycles. The molecule has 3 aromatic heterocycles. The highest BCUT2D eigenvalue weighted by Gasteiger charge is 2.22. The Morgan fingerprint density at radius 3 is 2.97 bits per heavy atom. The van der Waals surface area contributed by atoms with Crippen LogP contribution in [0.1, 0.15) is 10.4 Å². The second-order valence-corrected chi connectivity index (χ2v) is 7.28. The van der Waals surface area contributed by atoms with E-state index in [4.69, 9.17) is 16.3 Å². The number of aromatic amines is 1. The first-order valence-electron chi connectivity index (χ1n) is 9.35. The monoisotopic (exact) mass is 439 g/mol. The van der Waals surface area contributed by atoms with Gasteiger partial charge in [-0.15, -0.1) is 0 Å². The van der Waals surface area contributed by atoms with Crippen LogP contribution in [0.15, 0.2) is 42.7 Å². The van der Waals surface area contributed by atoms with Gasteiger partial charge in [0.25, 0.3) is 0 Å². The molecule has 4 N–H and O–H groups in total. The predicted octanol–water partition coefficient (Wildman–Crippen LogP) is 4.66. The molecule has 1 aromatic carbocycles. The molecule has 0 bridgehead atoms. The molecule has 4 aromatic rings. The summed E-state index contributed by atoms with van der Waals surface area (Å²) in [5.41, 5.74) is 2.08. The van der Waals surface area contributed by atoms with Crippen LogP contribution in [-0.4, -0.2) is 39.2 Å². The van der Waals surface area contributed by atoms with Crippen LogP contribution in [0.3, 0.4) is 0 Å². The standard InChI is InChI=1S/C21H15ClFN5O3/c22-10-1-2-13(23)11(7-10)15-8-16(18-20(28-15)25-5-6-31-18)27-14-3-4-24-19-17(14)12(9-26-19)21(29)30/h1-4,7-9H,5-6H2,(H,29,30)(H3,24,25,26,27,28). The maximum Gasteiger partial charge on any atom is 0.338 e. The number of benzene rings is 1. The largest absolute Gasteiger partial charge is 0.486 e. The topological polar surface area (TPSA) is 112 Å². The number of carbonyl (C=O) groups is 1. The third kappa shape index (κ3) is 3.38.